The first-order chi connectivity index (χ1) is 38.3. The zero-order chi connectivity index (χ0) is 59.8. The summed E-state index contributed by atoms with van der Waals surface area (Å²) in [4.78, 5) is 140. The van der Waals surface area contributed by atoms with Crippen molar-refractivity contribution in [1.82, 2.24) is 4.90 Å². The van der Waals surface area contributed by atoms with Crippen molar-refractivity contribution >= 4 is 71.3 Å². The van der Waals surface area contributed by atoms with Gasteiger partial charge in [-0.3, -0.25) is 52.8 Å². The number of nitrogens with zero attached hydrogens (tertiary/aromatic N) is 2. The van der Waals surface area contributed by atoms with E-state index in [2.05, 4.69) is 9.47 Å². The van der Waals surface area contributed by atoms with Crippen molar-refractivity contribution < 1.29 is 124 Å². The molecule has 1 heterocycles. The van der Waals surface area contributed by atoms with Crippen LogP contribution >= 0.6 is 0 Å². The third-order valence-electron chi connectivity index (χ3n) is 11.8. The van der Waals surface area contributed by atoms with Crippen LogP contribution in [-0.2, 0) is 106 Å². The number of ether oxygens (including phenoxy) is 15. The average molecular weight is 1140 g/mol. The molecule has 0 fully saturated rings. The fraction of sp³-hybridized carbons (Fsp3) is 0.453. The van der Waals surface area contributed by atoms with E-state index in [1.807, 2.05) is 13.8 Å². The first-order valence-corrected chi connectivity index (χ1v) is 24.4. The highest BCUT2D eigenvalue weighted by Gasteiger charge is 2.57. The SMILES string of the molecule is COc1cc2c(cc1OC(C)=O)C(C)(C)c1cc(OC(C)=O)c(OC)cc1C21OC(=O)c2cc(N(CC(=O)OCOC(C)=O)CC(=O)OCOC(C)=O)c(OCCOCCN(CC(=O)OCOC(C)=O)CC(=O)OCOC(C)=O)cc21. The number of methoxy groups -OCH3 is 2. The van der Waals surface area contributed by atoms with Crippen LogP contribution in [0, 0.1) is 0 Å². The third-order valence-corrected chi connectivity index (χ3v) is 11.8. The summed E-state index contributed by atoms with van der Waals surface area (Å²) in [7, 11) is 2.66. The Hall–Kier alpha value is -9.05. The molecule has 1 spiro atoms. The number of anilines is 1. The lowest BCUT2D eigenvalue weighted by Crippen LogP contribution is -2.41. The van der Waals surface area contributed by atoms with Gasteiger partial charge in [-0.2, -0.15) is 0 Å². The lowest BCUT2D eigenvalue weighted by atomic mass is 9.61. The number of rotatable bonds is 28. The van der Waals surface area contributed by atoms with Crippen molar-refractivity contribution in [3.05, 3.63) is 69.8 Å². The number of hydrogen-bond acceptors (Lipinski definition) is 28. The summed E-state index contributed by atoms with van der Waals surface area (Å²) >= 11 is 0. The van der Waals surface area contributed by atoms with Gasteiger partial charge in [0.05, 0.1) is 51.8 Å². The summed E-state index contributed by atoms with van der Waals surface area (Å²) in [5, 5.41) is 0. The van der Waals surface area contributed by atoms with Gasteiger partial charge < -0.3 is 76.0 Å². The standard InChI is InChI=1S/C53H60N2O26/c1-29(56)71-25-75-47(62)21-54(22-48(63)76-26-72-30(2)57)11-12-69-13-14-70-42-16-36-35(15-41(42)55(23-49(64)77-27-73-31(3)58)24-50(65)78-28-74-32(4)59)51(66)81-53(36)39-19-43(67-9)45(79-33(5)60)17-37(39)52(7,8)38-18-46(80-34(6)61)44(68-10)20-40(38)53/h15-20H,11-14,21-28H2,1-10H3. The second-order valence-corrected chi connectivity index (χ2v) is 18.0. The topological polar surface area (TPSA) is 333 Å². The molecule has 3 aromatic carbocycles. The number of carbonyl (C=O) groups is 11. The summed E-state index contributed by atoms with van der Waals surface area (Å²) in [5.41, 5.74) is -1.80. The lowest BCUT2D eigenvalue weighted by molar-refractivity contribution is -0.170. The van der Waals surface area contributed by atoms with Gasteiger partial charge >= 0.3 is 65.7 Å². The maximum atomic E-state index is 14.8. The van der Waals surface area contributed by atoms with Crippen LogP contribution in [-0.4, -0.2) is 164 Å². The number of hydrogen-bond donors (Lipinski definition) is 0. The van der Waals surface area contributed by atoms with Crippen molar-refractivity contribution in [2.45, 2.75) is 66.4 Å². The van der Waals surface area contributed by atoms with E-state index in [4.69, 9.17) is 61.6 Å². The van der Waals surface area contributed by atoms with E-state index in [-0.39, 0.29) is 71.9 Å². The first-order valence-electron chi connectivity index (χ1n) is 24.4. The molecule has 2 aliphatic rings. The van der Waals surface area contributed by atoms with Gasteiger partial charge in [-0.05, 0) is 47.5 Å². The summed E-state index contributed by atoms with van der Waals surface area (Å²) in [6.07, 6.45) is 0. The Morgan fingerprint density at radius 3 is 1.25 bits per heavy atom. The minimum atomic E-state index is -1.98. The molecule has 28 nitrogen and oxygen atoms in total. The van der Waals surface area contributed by atoms with Gasteiger partial charge in [0.15, 0.2) is 28.6 Å². The van der Waals surface area contributed by atoms with Crippen LogP contribution in [0.4, 0.5) is 5.69 Å². The Kier molecular flexibility index (Phi) is 21.9. The average Bonchev–Trinajstić information content (AvgIpc) is 3.70. The largest absolute Gasteiger partial charge is 0.493 e. The molecule has 0 bridgehead atoms. The van der Waals surface area contributed by atoms with E-state index in [0.717, 1.165) is 32.6 Å². The molecular formula is C53H60N2O26. The van der Waals surface area contributed by atoms with E-state index in [9.17, 15) is 52.7 Å². The molecule has 5 rings (SSSR count). The van der Waals surface area contributed by atoms with Crippen molar-refractivity contribution in [3.8, 4) is 28.7 Å². The van der Waals surface area contributed by atoms with E-state index >= 15 is 0 Å². The fourth-order valence-electron chi connectivity index (χ4n) is 8.37. The molecule has 3 aromatic rings. The maximum Gasteiger partial charge on any atom is 0.340 e. The second kappa shape index (κ2) is 28.2. The lowest BCUT2D eigenvalue weighted by Gasteiger charge is -2.45. The molecular weight excluding hydrogens is 1080 g/mol. The molecule has 0 radical (unpaired) electrons. The predicted octanol–water partition coefficient (Wildman–Crippen LogP) is 2.42. The van der Waals surface area contributed by atoms with Gasteiger partial charge in [0.2, 0.25) is 27.2 Å². The van der Waals surface area contributed by atoms with Crippen molar-refractivity contribution in [1.29, 1.82) is 0 Å². The zero-order valence-electron chi connectivity index (χ0n) is 46.0. The van der Waals surface area contributed by atoms with E-state index < -0.39 is 130 Å². The number of carbonyl (C=O) groups excluding carboxylic acids is 11. The summed E-state index contributed by atoms with van der Waals surface area (Å²) in [6.45, 7) is 3.80. The van der Waals surface area contributed by atoms with Gasteiger partial charge in [0, 0.05) is 70.2 Å². The van der Waals surface area contributed by atoms with Crippen LogP contribution in [0.3, 0.4) is 0 Å². The monoisotopic (exact) mass is 1140 g/mol. The zero-order valence-corrected chi connectivity index (χ0v) is 46.0. The van der Waals surface area contributed by atoms with Crippen molar-refractivity contribution in [3.63, 3.8) is 0 Å². The van der Waals surface area contributed by atoms with Crippen LogP contribution in [0.1, 0.15) is 93.6 Å². The number of benzene rings is 3. The molecule has 1 aliphatic heterocycles. The molecule has 0 atom stereocenters. The molecule has 0 saturated heterocycles. The van der Waals surface area contributed by atoms with Gasteiger partial charge in [0.25, 0.3) is 0 Å². The molecule has 438 valence electrons. The van der Waals surface area contributed by atoms with E-state index in [0.29, 0.717) is 22.3 Å². The Morgan fingerprint density at radius 2 is 0.852 bits per heavy atom. The van der Waals surface area contributed by atoms with E-state index in [1.165, 1.54) is 57.2 Å². The minimum Gasteiger partial charge on any atom is -0.493 e. The quantitative estimate of drug-likeness (QED) is 0.0331. The Morgan fingerprint density at radius 1 is 0.457 bits per heavy atom. The van der Waals surface area contributed by atoms with Crippen LogP contribution in [0.5, 0.6) is 28.7 Å². The fourth-order valence-corrected chi connectivity index (χ4v) is 8.37. The predicted molar refractivity (Wildman–Crippen MR) is 268 cm³/mol. The first kappa shape index (κ1) is 62.8. The van der Waals surface area contributed by atoms with Crippen LogP contribution < -0.4 is 28.6 Å². The molecule has 81 heavy (non-hydrogen) atoms. The smallest absolute Gasteiger partial charge is 0.340 e. The molecule has 0 N–H and O–H groups in total. The maximum absolute atomic E-state index is 14.8. The van der Waals surface area contributed by atoms with Gasteiger partial charge in [-0.1, -0.05) is 13.8 Å². The van der Waals surface area contributed by atoms with Gasteiger partial charge in [-0.15, -0.1) is 0 Å². The highest BCUT2D eigenvalue weighted by atomic mass is 16.7. The van der Waals surface area contributed by atoms with E-state index in [1.54, 1.807) is 12.1 Å². The van der Waals surface area contributed by atoms with Crippen molar-refractivity contribution in [2.75, 3.05) is 98.8 Å². The number of fused-ring (bicyclic) bond motifs is 6. The van der Waals surface area contributed by atoms with Crippen molar-refractivity contribution in [2.24, 2.45) is 0 Å². The van der Waals surface area contributed by atoms with Crippen LogP contribution in [0.25, 0.3) is 0 Å². The molecule has 1 aliphatic carbocycles. The normalized spacial score (nSPS) is 12.9. The molecule has 0 saturated carbocycles. The van der Waals surface area contributed by atoms with Crippen LogP contribution in [0.15, 0.2) is 36.4 Å². The Balaban J connectivity index is 1.66. The summed E-state index contributed by atoms with van der Waals surface area (Å²) in [6, 6.07) is 8.84. The molecule has 0 aromatic heterocycles. The highest BCUT2D eigenvalue weighted by molar-refractivity contribution is 5.99. The Labute approximate surface area is 462 Å². The third kappa shape index (κ3) is 16.5. The minimum absolute atomic E-state index is 0.00592. The molecule has 0 amide bonds. The summed E-state index contributed by atoms with van der Waals surface area (Å²) < 4.78 is 80.4. The highest BCUT2D eigenvalue weighted by Crippen LogP contribution is 2.60. The molecule has 0 unspecified atom stereocenters. The number of esters is 11. The second-order valence-electron chi connectivity index (χ2n) is 18.0. The van der Waals surface area contributed by atoms with Gasteiger partial charge in [-0.25, -0.2) is 4.79 Å². The van der Waals surface area contributed by atoms with Crippen LogP contribution in [0.2, 0.25) is 0 Å². The van der Waals surface area contributed by atoms with Gasteiger partial charge in [0.1, 0.15) is 25.4 Å². The Bertz CT molecular complexity index is 2780. The summed E-state index contributed by atoms with van der Waals surface area (Å²) in [5.74, 6) is -9.27. The molecule has 28 heteroatoms.